The predicted octanol–water partition coefficient (Wildman–Crippen LogP) is 3.29. The van der Waals surface area contributed by atoms with Crippen LogP contribution in [0.5, 0.6) is 5.75 Å². The number of ether oxygens (including phenoxy) is 1. The zero-order chi connectivity index (χ0) is 11.6. The third-order valence-electron chi connectivity index (χ3n) is 1.93. The minimum absolute atomic E-state index is 0.0169. The van der Waals surface area contributed by atoms with Crippen LogP contribution in [0.1, 0.15) is 25.3 Å². The van der Waals surface area contributed by atoms with Gasteiger partial charge in [-0.05, 0) is 23.6 Å². The summed E-state index contributed by atoms with van der Waals surface area (Å²) < 4.78 is 39.7. The van der Waals surface area contributed by atoms with Crippen molar-refractivity contribution in [3.05, 3.63) is 23.8 Å². The first-order chi connectivity index (χ1) is 6.79. The predicted molar refractivity (Wildman–Crippen MR) is 51.6 cm³/mol. The van der Waals surface area contributed by atoms with Gasteiger partial charge in [-0.15, -0.1) is 13.2 Å². The van der Waals surface area contributed by atoms with Gasteiger partial charge >= 0.3 is 6.36 Å². The number of anilines is 1. The first-order valence-corrected chi connectivity index (χ1v) is 4.45. The quantitative estimate of drug-likeness (QED) is 0.774. The molecule has 0 aliphatic rings. The number of nitrogens with two attached hydrogens (primary N) is 1. The lowest BCUT2D eigenvalue weighted by molar-refractivity contribution is -0.274. The average molecular weight is 219 g/mol. The molecule has 0 amide bonds. The highest BCUT2D eigenvalue weighted by molar-refractivity contribution is 5.54. The van der Waals surface area contributed by atoms with Crippen LogP contribution in [0.25, 0.3) is 0 Å². The fourth-order valence-electron chi connectivity index (χ4n) is 1.12. The van der Waals surface area contributed by atoms with Gasteiger partial charge in [0.25, 0.3) is 0 Å². The number of hydrogen-bond acceptors (Lipinski definition) is 2. The highest BCUT2D eigenvalue weighted by atomic mass is 19.4. The lowest BCUT2D eigenvalue weighted by atomic mass is 10.0. The van der Waals surface area contributed by atoms with Crippen molar-refractivity contribution in [3.8, 4) is 5.75 Å². The summed E-state index contributed by atoms with van der Waals surface area (Å²) in [4.78, 5) is 0. The van der Waals surface area contributed by atoms with E-state index in [1.54, 1.807) is 6.07 Å². The molecule has 0 spiro atoms. The van der Waals surface area contributed by atoms with E-state index in [0.717, 1.165) is 5.56 Å². The van der Waals surface area contributed by atoms with E-state index in [4.69, 9.17) is 5.73 Å². The van der Waals surface area contributed by atoms with E-state index < -0.39 is 6.36 Å². The van der Waals surface area contributed by atoms with Crippen LogP contribution >= 0.6 is 0 Å². The van der Waals surface area contributed by atoms with Gasteiger partial charge in [0.05, 0.1) is 5.69 Å². The minimum Gasteiger partial charge on any atom is -0.404 e. The highest BCUT2D eigenvalue weighted by Crippen LogP contribution is 2.31. The van der Waals surface area contributed by atoms with Crippen LogP contribution in [0, 0.1) is 0 Å². The molecule has 1 aromatic carbocycles. The molecule has 0 radical (unpaired) electrons. The largest absolute Gasteiger partial charge is 0.573 e. The summed E-state index contributed by atoms with van der Waals surface area (Å²) in [6, 6.07) is 4.41. The van der Waals surface area contributed by atoms with E-state index in [1.807, 2.05) is 13.8 Å². The van der Waals surface area contributed by atoms with Crippen LogP contribution in [0.15, 0.2) is 18.2 Å². The molecule has 0 saturated carbocycles. The smallest absolute Gasteiger partial charge is 0.404 e. The van der Waals surface area contributed by atoms with Crippen LogP contribution in [0.4, 0.5) is 18.9 Å². The number of hydrogen-bond donors (Lipinski definition) is 1. The van der Waals surface area contributed by atoms with Gasteiger partial charge in [-0.25, -0.2) is 0 Å². The van der Waals surface area contributed by atoms with Gasteiger partial charge in [0, 0.05) is 0 Å². The molecule has 5 heteroatoms. The molecule has 0 heterocycles. The summed E-state index contributed by atoms with van der Waals surface area (Å²) in [5, 5.41) is 0. The van der Waals surface area contributed by atoms with Crippen molar-refractivity contribution in [3.63, 3.8) is 0 Å². The van der Waals surface area contributed by atoms with Crippen LogP contribution < -0.4 is 10.5 Å². The van der Waals surface area contributed by atoms with Crippen molar-refractivity contribution in [2.24, 2.45) is 0 Å². The Morgan fingerprint density at radius 2 is 1.87 bits per heavy atom. The molecule has 0 saturated heterocycles. The molecule has 1 aromatic rings. The minimum atomic E-state index is -4.70. The van der Waals surface area contributed by atoms with E-state index in [-0.39, 0.29) is 17.4 Å². The van der Waals surface area contributed by atoms with Crippen molar-refractivity contribution < 1.29 is 17.9 Å². The lowest BCUT2D eigenvalue weighted by Crippen LogP contribution is -2.18. The molecule has 15 heavy (non-hydrogen) atoms. The monoisotopic (exact) mass is 219 g/mol. The second-order valence-electron chi connectivity index (χ2n) is 3.50. The lowest BCUT2D eigenvalue weighted by Gasteiger charge is -2.13. The third kappa shape index (κ3) is 3.34. The molecule has 2 N–H and O–H groups in total. The van der Waals surface area contributed by atoms with E-state index in [0.29, 0.717) is 0 Å². The highest BCUT2D eigenvalue weighted by Gasteiger charge is 2.32. The SMILES string of the molecule is CC(C)c1ccc(N)c(OC(F)(F)F)c1. The molecule has 0 fully saturated rings. The third-order valence-corrected chi connectivity index (χ3v) is 1.93. The van der Waals surface area contributed by atoms with Gasteiger partial charge in [-0.2, -0.15) is 0 Å². The summed E-state index contributed by atoms with van der Waals surface area (Å²) in [6.45, 7) is 3.76. The maximum absolute atomic E-state index is 12.0. The van der Waals surface area contributed by atoms with Crippen LogP contribution in [0.3, 0.4) is 0 Å². The summed E-state index contributed by atoms with van der Waals surface area (Å²) in [6.07, 6.45) is -4.70. The molecule has 2 nitrogen and oxygen atoms in total. The molecule has 0 bridgehead atoms. The number of rotatable bonds is 2. The van der Waals surface area contributed by atoms with Crippen LogP contribution in [-0.2, 0) is 0 Å². The topological polar surface area (TPSA) is 35.2 Å². The average Bonchev–Trinajstić information content (AvgIpc) is 2.06. The van der Waals surface area contributed by atoms with Gasteiger partial charge in [0.15, 0.2) is 5.75 Å². The maximum atomic E-state index is 12.0. The van der Waals surface area contributed by atoms with E-state index in [1.165, 1.54) is 12.1 Å². The van der Waals surface area contributed by atoms with Crippen molar-refractivity contribution >= 4 is 5.69 Å². The Morgan fingerprint density at radius 1 is 1.27 bits per heavy atom. The van der Waals surface area contributed by atoms with Crippen molar-refractivity contribution in [2.45, 2.75) is 26.1 Å². The van der Waals surface area contributed by atoms with Gasteiger partial charge in [0.1, 0.15) is 0 Å². The normalized spacial score (nSPS) is 11.9. The fraction of sp³-hybridized carbons (Fsp3) is 0.400. The second kappa shape index (κ2) is 4.00. The molecule has 0 aliphatic carbocycles. The Kier molecular flexibility index (Phi) is 3.12. The number of benzene rings is 1. The molecule has 0 aromatic heterocycles. The van der Waals surface area contributed by atoms with Crippen molar-refractivity contribution in [1.29, 1.82) is 0 Å². The molecular weight excluding hydrogens is 207 g/mol. The first kappa shape index (κ1) is 11.7. The molecule has 1 rings (SSSR count). The second-order valence-corrected chi connectivity index (χ2v) is 3.50. The zero-order valence-electron chi connectivity index (χ0n) is 8.43. The van der Waals surface area contributed by atoms with Crippen LogP contribution in [-0.4, -0.2) is 6.36 Å². The van der Waals surface area contributed by atoms with Gasteiger partial charge in [0.2, 0.25) is 0 Å². The summed E-state index contributed by atoms with van der Waals surface area (Å²) in [7, 11) is 0. The number of halogens is 3. The summed E-state index contributed by atoms with van der Waals surface area (Å²) in [5.74, 6) is -0.213. The van der Waals surface area contributed by atoms with Gasteiger partial charge < -0.3 is 10.5 Å². The van der Waals surface area contributed by atoms with Crippen LogP contribution in [0.2, 0.25) is 0 Å². The molecule has 0 unspecified atom stereocenters. The Hall–Kier alpha value is -1.39. The Labute approximate surface area is 85.8 Å². The van der Waals surface area contributed by atoms with E-state index >= 15 is 0 Å². The Morgan fingerprint density at radius 3 is 2.33 bits per heavy atom. The Bertz CT molecular complexity index is 347. The summed E-state index contributed by atoms with van der Waals surface area (Å²) >= 11 is 0. The fourth-order valence-corrected chi connectivity index (χ4v) is 1.12. The number of alkyl halides is 3. The molecule has 84 valence electrons. The standard InChI is InChI=1S/C10H12F3NO/c1-6(2)7-3-4-8(14)9(5-7)15-10(11,12)13/h3-6H,14H2,1-2H3. The molecule has 0 atom stereocenters. The zero-order valence-corrected chi connectivity index (χ0v) is 8.43. The molecular formula is C10H12F3NO. The summed E-state index contributed by atoms with van der Waals surface area (Å²) in [5.41, 5.74) is 6.11. The first-order valence-electron chi connectivity index (χ1n) is 4.45. The van der Waals surface area contributed by atoms with E-state index in [9.17, 15) is 13.2 Å². The van der Waals surface area contributed by atoms with Gasteiger partial charge in [-0.1, -0.05) is 19.9 Å². The Balaban J connectivity index is 3.01. The van der Waals surface area contributed by atoms with Crippen molar-refractivity contribution in [1.82, 2.24) is 0 Å². The number of nitrogen functional groups attached to an aromatic ring is 1. The van der Waals surface area contributed by atoms with Gasteiger partial charge in [-0.3, -0.25) is 0 Å². The van der Waals surface area contributed by atoms with E-state index in [2.05, 4.69) is 4.74 Å². The maximum Gasteiger partial charge on any atom is 0.573 e. The molecule has 0 aliphatic heterocycles. The van der Waals surface area contributed by atoms with Crippen molar-refractivity contribution in [2.75, 3.05) is 5.73 Å².